The molecule has 23 heavy (non-hydrogen) atoms. The minimum Gasteiger partial charge on any atom is -0.293 e. The molecule has 0 saturated carbocycles. The van der Waals surface area contributed by atoms with E-state index < -0.39 is 29.2 Å². The van der Waals surface area contributed by atoms with Crippen LogP contribution in [0.3, 0.4) is 0 Å². The summed E-state index contributed by atoms with van der Waals surface area (Å²) in [4.78, 5) is 25.0. The Morgan fingerprint density at radius 1 is 1.09 bits per heavy atom. The Kier molecular flexibility index (Phi) is 3.73. The fourth-order valence-corrected chi connectivity index (χ4v) is 2.44. The summed E-state index contributed by atoms with van der Waals surface area (Å²) in [6.45, 7) is 1.56. The molecule has 0 spiro atoms. The van der Waals surface area contributed by atoms with E-state index in [1.165, 1.54) is 0 Å². The highest BCUT2D eigenvalue weighted by molar-refractivity contribution is 6.30. The summed E-state index contributed by atoms with van der Waals surface area (Å²) in [7, 11) is 0. The van der Waals surface area contributed by atoms with Gasteiger partial charge in [0.1, 0.15) is 5.92 Å². The molecule has 1 aliphatic rings. The molecule has 1 heterocycles. The van der Waals surface area contributed by atoms with Crippen molar-refractivity contribution in [3.05, 3.63) is 65.7 Å². The third kappa shape index (κ3) is 2.63. The zero-order valence-corrected chi connectivity index (χ0v) is 12.2. The number of amides is 1. The molecule has 0 aromatic heterocycles. The fraction of sp³-hybridized carbons (Fsp3) is 0.118. The monoisotopic (exact) mass is 314 g/mol. The summed E-state index contributed by atoms with van der Waals surface area (Å²) in [6, 6.07) is 11.5. The predicted molar refractivity (Wildman–Crippen MR) is 81.2 cm³/mol. The molecule has 2 aromatic rings. The van der Waals surface area contributed by atoms with Crippen LogP contribution in [-0.2, 0) is 4.79 Å². The highest BCUT2D eigenvalue weighted by Crippen LogP contribution is 2.26. The number of carbonyl (C=O) groups excluding carboxylic acids is 2. The van der Waals surface area contributed by atoms with Gasteiger partial charge in [-0.15, -0.1) is 0 Å². The number of hydrogen-bond donors (Lipinski definition) is 0. The topological polar surface area (TPSA) is 49.7 Å². The lowest BCUT2D eigenvalue weighted by atomic mass is 9.93. The third-order valence-corrected chi connectivity index (χ3v) is 3.60. The lowest BCUT2D eigenvalue weighted by molar-refractivity contribution is -0.118. The SMILES string of the molecule is CC1=NN(c2ccccc2)C(=O)[C@H]1C(=O)c1ccc(F)c(F)c1. The van der Waals surface area contributed by atoms with Crippen molar-refractivity contribution in [3.8, 4) is 0 Å². The van der Waals surface area contributed by atoms with E-state index in [0.717, 1.165) is 23.2 Å². The number of rotatable bonds is 3. The molecule has 0 aliphatic carbocycles. The molecule has 0 unspecified atom stereocenters. The number of hydrogen-bond acceptors (Lipinski definition) is 3. The number of halogens is 2. The van der Waals surface area contributed by atoms with Crippen LogP contribution in [0, 0.1) is 17.6 Å². The van der Waals surface area contributed by atoms with Crippen molar-refractivity contribution >= 4 is 23.1 Å². The van der Waals surface area contributed by atoms with Crippen LogP contribution in [0.1, 0.15) is 17.3 Å². The number of benzene rings is 2. The zero-order valence-electron chi connectivity index (χ0n) is 12.2. The standard InChI is InChI=1S/C17H12F2N2O2/c1-10-15(16(22)11-7-8-13(18)14(19)9-11)17(23)21(20-10)12-5-3-2-4-6-12/h2-9,15H,1H3/t15-/m1/s1. The molecule has 0 bridgehead atoms. The summed E-state index contributed by atoms with van der Waals surface area (Å²) >= 11 is 0. The van der Waals surface area contributed by atoms with E-state index in [4.69, 9.17) is 0 Å². The first-order valence-electron chi connectivity index (χ1n) is 6.92. The van der Waals surface area contributed by atoms with Crippen molar-refractivity contribution < 1.29 is 18.4 Å². The van der Waals surface area contributed by atoms with Gasteiger partial charge in [-0.2, -0.15) is 10.1 Å². The van der Waals surface area contributed by atoms with Crippen LogP contribution in [-0.4, -0.2) is 17.4 Å². The number of Topliss-reactive ketones (excluding diaryl/α,β-unsaturated/α-hetero) is 1. The molecule has 4 nitrogen and oxygen atoms in total. The van der Waals surface area contributed by atoms with E-state index in [9.17, 15) is 18.4 Å². The number of hydrazone groups is 1. The lowest BCUT2D eigenvalue weighted by Crippen LogP contribution is -2.32. The van der Waals surface area contributed by atoms with Gasteiger partial charge in [0, 0.05) is 5.56 Å². The maximum atomic E-state index is 13.3. The molecule has 1 aliphatic heterocycles. The van der Waals surface area contributed by atoms with Gasteiger partial charge < -0.3 is 0 Å². The van der Waals surface area contributed by atoms with Gasteiger partial charge in [-0.05, 0) is 37.3 Å². The van der Waals surface area contributed by atoms with Gasteiger partial charge >= 0.3 is 0 Å². The molecule has 116 valence electrons. The summed E-state index contributed by atoms with van der Waals surface area (Å²) < 4.78 is 26.3. The molecule has 1 atom stereocenters. The average Bonchev–Trinajstić information content (AvgIpc) is 2.85. The van der Waals surface area contributed by atoms with Crippen molar-refractivity contribution in [2.24, 2.45) is 11.0 Å². The van der Waals surface area contributed by atoms with Crippen LogP contribution in [0.2, 0.25) is 0 Å². The van der Waals surface area contributed by atoms with Crippen LogP contribution in [0.25, 0.3) is 0 Å². The van der Waals surface area contributed by atoms with Crippen LogP contribution in [0.5, 0.6) is 0 Å². The van der Waals surface area contributed by atoms with E-state index in [1.54, 1.807) is 37.3 Å². The second kappa shape index (κ2) is 5.72. The van der Waals surface area contributed by atoms with Crippen molar-refractivity contribution in [3.63, 3.8) is 0 Å². The number of anilines is 1. The van der Waals surface area contributed by atoms with E-state index in [2.05, 4.69) is 5.10 Å². The van der Waals surface area contributed by atoms with Gasteiger partial charge in [0.05, 0.1) is 11.4 Å². The molecule has 2 aromatic carbocycles. The molecule has 3 rings (SSSR count). The first-order valence-corrected chi connectivity index (χ1v) is 6.92. The number of nitrogens with zero attached hydrogens (tertiary/aromatic N) is 2. The van der Waals surface area contributed by atoms with Crippen molar-refractivity contribution in [2.45, 2.75) is 6.92 Å². The number of para-hydroxylation sites is 1. The fourth-order valence-electron chi connectivity index (χ4n) is 2.44. The first kappa shape index (κ1) is 15.0. The minimum absolute atomic E-state index is 0.0632. The Balaban J connectivity index is 1.92. The largest absolute Gasteiger partial charge is 0.293 e. The van der Waals surface area contributed by atoms with Crippen LogP contribution in [0.15, 0.2) is 53.6 Å². The predicted octanol–water partition coefficient (Wildman–Crippen LogP) is 3.19. The average molecular weight is 314 g/mol. The van der Waals surface area contributed by atoms with Gasteiger partial charge in [-0.1, -0.05) is 18.2 Å². The number of carbonyl (C=O) groups is 2. The second-order valence-electron chi connectivity index (χ2n) is 5.15. The Bertz CT molecular complexity index is 819. The van der Waals surface area contributed by atoms with Gasteiger partial charge in [0.25, 0.3) is 5.91 Å². The molecular weight excluding hydrogens is 302 g/mol. The van der Waals surface area contributed by atoms with Gasteiger partial charge in [-0.25, -0.2) is 8.78 Å². The molecule has 6 heteroatoms. The van der Waals surface area contributed by atoms with E-state index in [0.29, 0.717) is 11.4 Å². The number of ketones is 1. The van der Waals surface area contributed by atoms with Crippen molar-refractivity contribution in [1.29, 1.82) is 0 Å². The summed E-state index contributed by atoms with van der Waals surface area (Å²) in [5, 5.41) is 5.27. The Morgan fingerprint density at radius 2 is 1.78 bits per heavy atom. The summed E-state index contributed by atoms with van der Waals surface area (Å²) in [5.41, 5.74) is 0.790. The summed E-state index contributed by atoms with van der Waals surface area (Å²) in [6.07, 6.45) is 0. The Hall–Kier alpha value is -2.89. The van der Waals surface area contributed by atoms with Crippen LogP contribution < -0.4 is 5.01 Å². The van der Waals surface area contributed by atoms with Crippen LogP contribution >= 0.6 is 0 Å². The maximum absolute atomic E-state index is 13.3. The van der Waals surface area contributed by atoms with Crippen molar-refractivity contribution in [2.75, 3.05) is 5.01 Å². The normalized spacial score (nSPS) is 17.3. The van der Waals surface area contributed by atoms with Gasteiger partial charge in [0.15, 0.2) is 17.4 Å². The molecule has 1 amide bonds. The van der Waals surface area contributed by atoms with Gasteiger partial charge in [-0.3, -0.25) is 9.59 Å². The van der Waals surface area contributed by atoms with Crippen molar-refractivity contribution in [1.82, 2.24) is 0 Å². The second-order valence-corrected chi connectivity index (χ2v) is 5.15. The molecule has 0 saturated heterocycles. The maximum Gasteiger partial charge on any atom is 0.264 e. The highest BCUT2D eigenvalue weighted by atomic mass is 19.2. The highest BCUT2D eigenvalue weighted by Gasteiger charge is 2.40. The van der Waals surface area contributed by atoms with E-state index >= 15 is 0 Å². The lowest BCUT2D eigenvalue weighted by Gasteiger charge is -2.13. The Labute approximate surface area is 131 Å². The third-order valence-electron chi connectivity index (χ3n) is 3.60. The van der Waals surface area contributed by atoms with Crippen LogP contribution in [0.4, 0.5) is 14.5 Å². The smallest absolute Gasteiger partial charge is 0.264 e. The molecule has 0 radical (unpaired) electrons. The first-order chi connectivity index (χ1) is 11.0. The van der Waals surface area contributed by atoms with Gasteiger partial charge in [0.2, 0.25) is 0 Å². The summed E-state index contributed by atoms with van der Waals surface area (Å²) in [5.74, 6) is -4.41. The molecule has 0 N–H and O–H groups in total. The Morgan fingerprint density at radius 3 is 2.43 bits per heavy atom. The quantitative estimate of drug-likeness (QED) is 0.645. The molecular formula is C17H12F2N2O2. The van der Waals surface area contributed by atoms with E-state index in [-0.39, 0.29) is 5.56 Å². The minimum atomic E-state index is -1.13. The van der Waals surface area contributed by atoms with E-state index in [1.807, 2.05) is 0 Å². The zero-order chi connectivity index (χ0) is 16.6. The molecule has 0 fully saturated rings.